The smallest absolute Gasteiger partial charge is 0.261 e. The first-order chi connectivity index (χ1) is 17.5. The standard InChI is InChI=1S/C25H19ClFN3O5S2/c26-24-16-20(30-36(32,33)21-4-2-1-3-5-21)12-15-23(24)25(31)28-18-10-13-22(14-11-18)37(34,35)29-19-8-6-17(27)7-9-19/h1-16,29-30H,(H,28,31). The lowest BCUT2D eigenvalue weighted by atomic mass is 10.2. The Balaban J connectivity index is 1.43. The third-order valence-corrected chi connectivity index (χ3v) is 8.15. The van der Waals surface area contributed by atoms with Gasteiger partial charge in [-0.15, -0.1) is 0 Å². The number of amides is 1. The van der Waals surface area contributed by atoms with Crippen LogP contribution >= 0.6 is 11.6 Å². The number of carbonyl (C=O) groups is 1. The summed E-state index contributed by atoms with van der Waals surface area (Å²) in [7, 11) is -7.76. The molecule has 0 saturated carbocycles. The molecule has 37 heavy (non-hydrogen) atoms. The molecule has 0 aromatic heterocycles. The van der Waals surface area contributed by atoms with Gasteiger partial charge in [-0.1, -0.05) is 29.8 Å². The van der Waals surface area contributed by atoms with Crippen molar-refractivity contribution in [2.45, 2.75) is 9.79 Å². The van der Waals surface area contributed by atoms with E-state index in [1.165, 1.54) is 66.7 Å². The first-order valence-corrected chi connectivity index (χ1v) is 14.0. The van der Waals surface area contributed by atoms with Crippen molar-refractivity contribution in [3.8, 4) is 0 Å². The molecule has 4 aromatic rings. The van der Waals surface area contributed by atoms with Crippen LogP contribution in [0.2, 0.25) is 5.02 Å². The molecule has 0 radical (unpaired) electrons. The summed E-state index contributed by atoms with van der Waals surface area (Å²) in [5.41, 5.74) is 0.756. The second kappa shape index (κ2) is 10.6. The normalized spacial score (nSPS) is 11.5. The highest BCUT2D eigenvalue weighted by Crippen LogP contribution is 2.25. The van der Waals surface area contributed by atoms with Crippen LogP contribution in [0.15, 0.2) is 107 Å². The number of halogens is 2. The minimum Gasteiger partial charge on any atom is -0.322 e. The molecule has 1 amide bonds. The summed E-state index contributed by atoms with van der Waals surface area (Å²) in [5.74, 6) is -1.08. The summed E-state index contributed by atoms with van der Waals surface area (Å²) in [6.07, 6.45) is 0. The van der Waals surface area contributed by atoms with Gasteiger partial charge in [0.05, 0.1) is 26.1 Å². The van der Waals surface area contributed by atoms with Gasteiger partial charge in [-0.05, 0) is 78.9 Å². The summed E-state index contributed by atoms with van der Waals surface area (Å²) in [6, 6.07) is 22.1. The summed E-state index contributed by atoms with van der Waals surface area (Å²) in [6.45, 7) is 0. The Bertz CT molecular complexity index is 1650. The lowest BCUT2D eigenvalue weighted by molar-refractivity contribution is 0.102. The van der Waals surface area contributed by atoms with Gasteiger partial charge in [0.2, 0.25) is 0 Å². The van der Waals surface area contributed by atoms with Crippen LogP contribution in [0.25, 0.3) is 0 Å². The number of carbonyl (C=O) groups excluding carboxylic acids is 1. The highest BCUT2D eigenvalue weighted by Gasteiger charge is 2.18. The Hall–Kier alpha value is -3.93. The number of nitrogens with one attached hydrogen (secondary N) is 3. The highest BCUT2D eigenvalue weighted by atomic mass is 35.5. The monoisotopic (exact) mass is 559 g/mol. The maximum absolute atomic E-state index is 13.0. The van der Waals surface area contributed by atoms with Crippen LogP contribution in [0.5, 0.6) is 0 Å². The molecule has 0 spiro atoms. The van der Waals surface area contributed by atoms with Crippen LogP contribution in [-0.2, 0) is 20.0 Å². The summed E-state index contributed by atoms with van der Waals surface area (Å²) < 4.78 is 67.9. The minimum atomic E-state index is -3.93. The Morgan fingerprint density at radius 1 is 0.649 bits per heavy atom. The topological polar surface area (TPSA) is 121 Å². The zero-order chi connectivity index (χ0) is 26.6. The van der Waals surface area contributed by atoms with Crippen molar-refractivity contribution in [1.82, 2.24) is 0 Å². The van der Waals surface area contributed by atoms with Crippen LogP contribution in [0.4, 0.5) is 21.5 Å². The van der Waals surface area contributed by atoms with Crippen LogP contribution < -0.4 is 14.8 Å². The van der Waals surface area contributed by atoms with E-state index in [-0.39, 0.29) is 31.8 Å². The molecule has 0 aliphatic carbocycles. The van der Waals surface area contributed by atoms with E-state index in [0.717, 1.165) is 12.1 Å². The first-order valence-electron chi connectivity index (χ1n) is 10.6. The predicted octanol–water partition coefficient (Wildman–Crippen LogP) is 5.33. The molecule has 0 bridgehead atoms. The Labute approximate surface area is 218 Å². The van der Waals surface area contributed by atoms with Crippen molar-refractivity contribution < 1.29 is 26.0 Å². The zero-order valence-electron chi connectivity index (χ0n) is 18.9. The Morgan fingerprint density at radius 2 is 1.16 bits per heavy atom. The van der Waals surface area contributed by atoms with Crippen molar-refractivity contribution in [3.63, 3.8) is 0 Å². The molecule has 0 unspecified atom stereocenters. The van der Waals surface area contributed by atoms with Gasteiger partial charge in [0.15, 0.2) is 0 Å². The Morgan fingerprint density at radius 3 is 1.76 bits per heavy atom. The molecule has 0 aliphatic heterocycles. The van der Waals surface area contributed by atoms with Crippen LogP contribution in [0.1, 0.15) is 10.4 Å². The van der Waals surface area contributed by atoms with E-state index in [9.17, 15) is 26.0 Å². The second-order valence-corrected chi connectivity index (χ2v) is 11.5. The van der Waals surface area contributed by atoms with Crippen molar-refractivity contribution in [2.24, 2.45) is 0 Å². The molecular formula is C25H19ClFN3O5S2. The Kier molecular flexibility index (Phi) is 7.48. The van der Waals surface area contributed by atoms with Gasteiger partial charge in [-0.2, -0.15) is 0 Å². The fourth-order valence-electron chi connectivity index (χ4n) is 3.22. The predicted molar refractivity (Wildman–Crippen MR) is 140 cm³/mol. The first kappa shape index (κ1) is 26.1. The minimum absolute atomic E-state index is 0.00783. The van der Waals surface area contributed by atoms with Crippen molar-refractivity contribution in [3.05, 3.63) is 113 Å². The SMILES string of the molecule is O=C(Nc1ccc(S(=O)(=O)Nc2ccc(F)cc2)cc1)c1ccc(NS(=O)(=O)c2ccccc2)cc1Cl. The van der Waals surface area contributed by atoms with E-state index in [0.29, 0.717) is 5.69 Å². The average molecular weight is 560 g/mol. The molecule has 4 aromatic carbocycles. The largest absolute Gasteiger partial charge is 0.322 e. The second-order valence-electron chi connectivity index (χ2n) is 7.70. The molecule has 12 heteroatoms. The lowest BCUT2D eigenvalue weighted by Gasteiger charge is -2.12. The summed E-state index contributed by atoms with van der Waals surface area (Å²) in [5, 5.41) is 2.62. The molecule has 0 atom stereocenters. The van der Waals surface area contributed by atoms with Gasteiger partial charge in [-0.25, -0.2) is 21.2 Å². The third-order valence-electron chi connectivity index (χ3n) is 5.04. The molecule has 0 aliphatic rings. The quantitative estimate of drug-likeness (QED) is 0.269. The van der Waals surface area contributed by atoms with E-state index in [1.807, 2.05) is 0 Å². The molecule has 8 nitrogen and oxygen atoms in total. The van der Waals surface area contributed by atoms with Gasteiger partial charge < -0.3 is 5.32 Å². The maximum Gasteiger partial charge on any atom is 0.261 e. The van der Waals surface area contributed by atoms with Gasteiger partial charge in [0, 0.05) is 11.4 Å². The molecule has 3 N–H and O–H groups in total. The van der Waals surface area contributed by atoms with Crippen molar-refractivity contribution >= 4 is 54.6 Å². The molecule has 0 saturated heterocycles. The van der Waals surface area contributed by atoms with Gasteiger partial charge in [0.1, 0.15) is 5.82 Å². The van der Waals surface area contributed by atoms with E-state index < -0.39 is 31.8 Å². The lowest BCUT2D eigenvalue weighted by Crippen LogP contribution is -2.15. The summed E-state index contributed by atoms with van der Waals surface area (Å²) in [4.78, 5) is 12.7. The van der Waals surface area contributed by atoms with Crippen molar-refractivity contribution in [2.75, 3.05) is 14.8 Å². The fourth-order valence-corrected chi connectivity index (χ4v) is 5.62. The molecular weight excluding hydrogens is 541 g/mol. The van der Waals surface area contributed by atoms with Gasteiger partial charge >= 0.3 is 0 Å². The number of anilines is 3. The number of rotatable bonds is 8. The molecule has 0 heterocycles. The van der Waals surface area contributed by atoms with Crippen LogP contribution in [0, 0.1) is 5.82 Å². The molecule has 0 fully saturated rings. The van der Waals surface area contributed by atoms with Gasteiger partial charge in [0.25, 0.3) is 26.0 Å². The van der Waals surface area contributed by atoms with Gasteiger partial charge in [-0.3, -0.25) is 14.2 Å². The van der Waals surface area contributed by atoms with Crippen LogP contribution in [-0.4, -0.2) is 22.7 Å². The maximum atomic E-state index is 13.0. The van der Waals surface area contributed by atoms with Crippen LogP contribution in [0.3, 0.4) is 0 Å². The zero-order valence-corrected chi connectivity index (χ0v) is 21.2. The number of benzene rings is 4. The average Bonchev–Trinajstić information content (AvgIpc) is 2.86. The summed E-state index contributed by atoms with van der Waals surface area (Å²) >= 11 is 6.23. The number of hydrogen-bond donors (Lipinski definition) is 3. The fraction of sp³-hybridized carbons (Fsp3) is 0. The van der Waals surface area contributed by atoms with E-state index in [4.69, 9.17) is 11.6 Å². The third kappa shape index (κ3) is 6.45. The highest BCUT2D eigenvalue weighted by molar-refractivity contribution is 7.93. The number of sulfonamides is 2. The van der Waals surface area contributed by atoms with E-state index in [1.54, 1.807) is 18.2 Å². The van der Waals surface area contributed by atoms with E-state index in [2.05, 4.69) is 14.8 Å². The van der Waals surface area contributed by atoms with Crippen molar-refractivity contribution in [1.29, 1.82) is 0 Å². The molecule has 4 rings (SSSR count). The molecule has 190 valence electrons. The van der Waals surface area contributed by atoms with E-state index >= 15 is 0 Å². The number of hydrogen-bond acceptors (Lipinski definition) is 5.